The second-order valence-electron chi connectivity index (χ2n) is 4.09. The van der Waals surface area contributed by atoms with Crippen LogP contribution < -0.4 is 5.32 Å². The van der Waals surface area contributed by atoms with Crippen molar-refractivity contribution in [2.45, 2.75) is 23.5 Å². The number of hydrogen-bond donors (Lipinski definition) is 1. The van der Waals surface area contributed by atoms with Gasteiger partial charge >= 0.3 is 0 Å². The fourth-order valence-corrected chi connectivity index (χ4v) is 2.53. The summed E-state index contributed by atoms with van der Waals surface area (Å²) in [5.41, 5.74) is 1.24. The molecule has 1 unspecified atom stereocenters. The number of thioether (sulfide) groups is 1. The summed E-state index contributed by atoms with van der Waals surface area (Å²) in [6, 6.07) is 7.50. The van der Waals surface area contributed by atoms with Gasteiger partial charge < -0.3 is 5.32 Å². The Hall–Kier alpha value is -0.610. The average molecular weight is 243 g/mol. The molecule has 0 radical (unpaired) electrons. The molecule has 4 heteroatoms. The second-order valence-corrected chi connectivity index (χ2v) is 5.15. The summed E-state index contributed by atoms with van der Waals surface area (Å²) >= 11 is 0.604. The van der Waals surface area contributed by atoms with Crippen LogP contribution in [0.25, 0.3) is 0 Å². The molecule has 1 aliphatic heterocycles. The summed E-state index contributed by atoms with van der Waals surface area (Å²) in [5, 5.41) is 3.33. The Morgan fingerprint density at radius 2 is 2.06 bits per heavy atom. The van der Waals surface area contributed by atoms with Crippen LogP contribution in [-0.4, -0.2) is 18.8 Å². The lowest BCUT2D eigenvalue weighted by atomic mass is 9.99. The molecule has 1 aromatic carbocycles. The van der Waals surface area contributed by atoms with Crippen molar-refractivity contribution in [3.05, 3.63) is 29.8 Å². The van der Waals surface area contributed by atoms with Crippen LogP contribution in [0.2, 0.25) is 0 Å². The first-order chi connectivity index (χ1) is 7.74. The number of halogens is 2. The second kappa shape index (κ2) is 5.64. The summed E-state index contributed by atoms with van der Waals surface area (Å²) in [5.74, 6) is -1.63. The van der Waals surface area contributed by atoms with E-state index in [2.05, 4.69) is 5.32 Å². The van der Waals surface area contributed by atoms with Crippen LogP contribution in [0.4, 0.5) is 8.78 Å². The van der Waals surface area contributed by atoms with Crippen molar-refractivity contribution in [2.75, 3.05) is 13.1 Å². The van der Waals surface area contributed by atoms with E-state index in [4.69, 9.17) is 0 Å². The first kappa shape index (κ1) is 11.9. The van der Waals surface area contributed by atoms with Crippen LogP contribution in [-0.2, 0) is 6.42 Å². The summed E-state index contributed by atoms with van der Waals surface area (Å²) in [6.45, 7) is 2.18. The minimum absolute atomic E-state index is 0.604. The molecule has 16 heavy (non-hydrogen) atoms. The molecule has 0 bridgehead atoms. The minimum Gasteiger partial charge on any atom is -0.316 e. The molecular formula is C12H15F2NS. The molecule has 0 aliphatic carbocycles. The first-order valence-electron chi connectivity index (χ1n) is 5.48. The third-order valence-corrected chi connectivity index (χ3v) is 3.56. The molecule has 1 aromatic rings. The fraction of sp³-hybridized carbons (Fsp3) is 0.500. The normalized spacial score (nSPS) is 20.6. The molecule has 1 N–H and O–H groups in total. The lowest BCUT2D eigenvalue weighted by molar-refractivity contribution is 0.252. The molecule has 1 heterocycles. The highest BCUT2D eigenvalue weighted by molar-refractivity contribution is 7.99. The summed E-state index contributed by atoms with van der Waals surface area (Å²) in [6.07, 6.45) is 2.26. The summed E-state index contributed by atoms with van der Waals surface area (Å²) in [7, 11) is 0. The van der Waals surface area contributed by atoms with Crippen LogP contribution in [0.15, 0.2) is 29.2 Å². The van der Waals surface area contributed by atoms with Crippen molar-refractivity contribution < 1.29 is 8.78 Å². The Balaban J connectivity index is 1.90. The van der Waals surface area contributed by atoms with Crippen molar-refractivity contribution >= 4 is 11.8 Å². The van der Waals surface area contributed by atoms with Crippen LogP contribution in [0.1, 0.15) is 12.0 Å². The standard InChI is InChI=1S/C12H15F2NS/c13-12(14)16-11-3-1-9(2-4-11)7-10-5-6-15-8-10/h1-4,10,12,15H,5-8H2. The zero-order valence-corrected chi connectivity index (χ0v) is 9.77. The molecule has 0 spiro atoms. The van der Waals surface area contributed by atoms with Gasteiger partial charge in [-0.3, -0.25) is 0 Å². The van der Waals surface area contributed by atoms with E-state index in [9.17, 15) is 8.78 Å². The van der Waals surface area contributed by atoms with Crippen LogP contribution in [0.5, 0.6) is 0 Å². The van der Waals surface area contributed by atoms with Crippen molar-refractivity contribution in [3.8, 4) is 0 Å². The molecule has 1 atom stereocenters. The van der Waals surface area contributed by atoms with Gasteiger partial charge in [-0.2, -0.15) is 8.78 Å². The topological polar surface area (TPSA) is 12.0 Å². The maximum atomic E-state index is 12.1. The molecule has 88 valence electrons. The van der Waals surface area contributed by atoms with Gasteiger partial charge in [-0.25, -0.2) is 0 Å². The summed E-state index contributed by atoms with van der Waals surface area (Å²) < 4.78 is 24.2. The highest BCUT2D eigenvalue weighted by Gasteiger charge is 2.14. The smallest absolute Gasteiger partial charge is 0.288 e. The minimum atomic E-state index is -2.33. The van der Waals surface area contributed by atoms with Crippen molar-refractivity contribution in [1.29, 1.82) is 0 Å². The van der Waals surface area contributed by atoms with Gasteiger partial charge in [0.25, 0.3) is 5.76 Å². The van der Waals surface area contributed by atoms with E-state index in [1.165, 1.54) is 12.0 Å². The van der Waals surface area contributed by atoms with Gasteiger partial charge in [-0.05, 0) is 49.5 Å². The number of rotatable bonds is 4. The van der Waals surface area contributed by atoms with E-state index < -0.39 is 5.76 Å². The number of nitrogens with one attached hydrogen (secondary N) is 1. The SMILES string of the molecule is FC(F)Sc1ccc(CC2CCNC2)cc1. The van der Waals surface area contributed by atoms with Crippen LogP contribution >= 0.6 is 11.8 Å². The van der Waals surface area contributed by atoms with Crippen LogP contribution in [0.3, 0.4) is 0 Å². The highest BCUT2D eigenvalue weighted by Crippen LogP contribution is 2.26. The highest BCUT2D eigenvalue weighted by atomic mass is 32.2. The largest absolute Gasteiger partial charge is 0.316 e. The third-order valence-electron chi connectivity index (χ3n) is 2.84. The molecule has 1 nitrogen and oxygen atoms in total. The monoisotopic (exact) mass is 243 g/mol. The van der Waals surface area contributed by atoms with Gasteiger partial charge in [-0.1, -0.05) is 23.9 Å². The predicted molar refractivity (Wildman–Crippen MR) is 63.0 cm³/mol. The molecule has 1 fully saturated rings. The maximum Gasteiger partial charge on any atom is 0.288 e. The fourth-order valence-electron chi connectivity index (χ4n) is 2.03. The molecule has 0 saturated carbocycles. The van der Waals surface area contributed by atoms with Gasteiger partial charge in [0.05, 0.1) is 0 Å². The molecular weight excluding hydrogens is 228 g/mol. The van der Waals surface area contributed by atoms with Crippen molar-refractivity contribution in [1.82, 2.24) is 5.32 Å². The Morgan fingerprint density at radius 1 is 1.31 bits per heavy atom. The molecule has 1 aliphatic rings. The average Bonchev–Trinajstić information content (AvgIpc) is 2.73. The number of benzene rings is 1. The Bertz CT molecular complexity index is 320. The van der Waals surface area contributed by atoms with E-state index in [-0.39, 0.29) is 0 Å². The van der Waals surface area contributed by atoms with E-state index in [0.717, 1.165) is 19.5 Å². The zero-order chi connectivity index (χ0) is 11.4. The first-order valence-corrected chi connectivity index (χ1v) is 6.36. The third kappa shape index (κ3) is 3.46. The van der Waals surface area contributed by atoms with Gasteiger partial charge in [0.15, 0.2) is 0 Å². The number of alkyl halides is 2. The maximum absolute atomic E-state index is 12.1. The zero-order valence-electron chi connectivity index (χ0n) is 8.96. The van der Waals surface area contributed by atoms with Gasteiger partial charge in [0.2, 0.25) is 0 Å². The number of hydrogen-bond acceptors (Lipinski definition) is 2. The van der Waals surface area contributed by atoms with E-state index in [0.29, 0.717) is 22.6 Å². The van der Waals surface area contributed by atoms with Crippen molar-refractivity contribution in [2.24, 2.45) is 5.92 Å². The van der Waals surface area contributed by atoms with Gasteiger partial charge in [-0.15, -0.1) is 0 Å². The molecule has 0 amide bonds. The molecule has 2 rings (SSSR count). The van der Waals surface area contributed by atoms with Crippen molar-refractivity contribution in [3.63, 3.8) is 0 Å². The molecule has 1 saturated heterocycles. The summed E-state index contributed by atoms with van der Waals surface area (Å²) in [4.78, 5) is 0.642. The van der Waals surface area contributed by atoms with E-state index in [1.54, 1.807) is 12.1 Å². The van der Waals surface area contributed by atoms with Gasteiger partial charge in [0, 0.05) is 4.90 Å². The lowest BCUT2D eigenvalue weighted by Crippen LogP contribution is -2.10. The lowest BCUT2D eigenvalue weighted by Gasteiger charge is -2.08. The van der Waals surface area contributed by atoms with Crippen LogP contribution in [0, 0.1) is 5.92 Å². The Kier molecular flexibility index (Phi) is 4.18. The Morgan fingerprint density at radius 3 is 2.62 bits per heavy atom. The quantitative estimate of drug-likeness (QED) is 0.815. The van der Waals surface area contributed by atoms with Gasteiger partial charge in [0.1, 0.15) is 0 Å². The van der Waals surface area contributed by atoms with E-state index in [1.807, 2.05) is 12.1 Å². The molecule has 0 aromatic heterocycles. The Labute approximate surface area is 98.6 Å². The predicted octanol–water partition coefficient (Wildman–Crippen LogP) is 3.15. The van der Waals surface area contributed by atoms with E-state index >= 15 is 0 Å².